The van der Waals surface area contributed by atoms with Gasteiger partial charge in [-0.1, -0.05) is 33.6 Å². The van der Waals surface area contributed by atoms with Crippen molar-refractivity contribution < 1.29 is 0 Å². The lowest BCUT2D eigenvalue weighted by atomic mass is 10.1. The van der Waals surface area contributed by atoms with Gasteiger partial charge in [0.25, 0.3) is 0 Å². The summed E-state index contributed by atoms with van der Waals surface area (Å²) in [6.45, 7) is 6.54. The average molecular weight is 256 g/mol. The molecule has 0 aliphatic rings. The number of alkyl halides is 1. The molecule has 0 unspecified atom stereocenters. The molecule has 1 nitrogen and oxygen atoms in total. The van der Waals surface area contributed by atoms with E-state index in [-0.39, 0.29) is 0 Å². The van der Waals surface area contributed by atoms with E-state index in [0.717, 1.165) is 5.33 Å². The van der Waals surface area contributed by atoms with Crippen LogP contribution in [0.25, 0.3) is 0 Å². The van der Waals surface area contributed by atoms with E-state index in [1.165, 1.54) is 16.8 Å². The van der Waals surface area contributed by atoms with Gasteiger partial charge in [0.05, 0.1) is 0 Å². The second-order valence-corrected chi connectivity index (χ2v) is 4.53. The van der Waals surface area contributed by atoms with Gasteiger partial charge >= 0.3 is 0 Å². The fourth-order valence-corrected chi connectivity index (χ4v) is 1.89. The molecule has 0 aliphatic heterocycles. The van der Waals surface area contributed by atoms with Crippen LogP contribution in [-0.4, -0.2) is 13.1 Å². The van der Waals surface area contributed by atoms with Gasteiger partial charge in [0, 0.05) is 24.1 Å². The number of anilines is 1. The highest BCUT2D eigenvalue weighted by atomic mass is 79.9. The van der Waals surface area contributed by atoms with Crippen molar-refractivity contribution in [1.82, 2.24) is 0 Å². The third-order valence-corrected chi connectivity index (χ3v) is 3.14. The van der Waals surface area contributed by atoms with Crippen molar-refractivity contribution in [2.24, 2.45) is 0 Å². The van der Waals surface area contributed by atoms with Gasteiger partial charge in [-0.2, -0.15) is 0 Å². The van der Waals surface area contributed by atoms with Crippen LogP contribution in [0.2, 0.25) is 0 Å². The first-order valence-corrected chi connectivity index (χ1v) is 6.06. The molecular formula is C12H18BrN. The molecule has 2 heteroatoms. The maximum absolute atomic E-state index is 3.53. The fraction of sp³-hybridized carbons (Fsp3) is 0.500. The van der Waals surface area contributed by atoms with Gasteiger partial charge in [-0.05, 0) is 32.4 Å². The zero-order valence-electron chi connectivity index (χ0n) is 9.34. The van der Waals surface area contributed by atoms with E-state index in [9.17, 15) is 0 Å². The van der Waals surface area contributed by atoms with Crippen molar-refractivity contribution in [3.05, 3.63) is 29.3 Å². The van der Waals surface area contributed by atoms with Gasteiger partial charge in [0.1, 0.15) is 0 Å². The lowest BCUT2D eigenvalue weighted by Gasteiger charge is -2.26. The van der Waals surface area contributed by atoms with E-state index in [1.807, 2.05) is 0 Å². The molecule has 0 aromatic heterocycles. The number of nitrogens with zero attached hydrogens (tertiary/aromatic N) is 1. The summed E-state index contributed by atoms with van der Waals surface area (Å²) in [5, 5.41) is 0.918. The zero-order valence-corrected chi connectivity index (χ0v) is 10.9. The number of benzene rings is 1. The van der Waals surface area contributed by atoms with Gasteiger partial charge in [-0.15, -0.1) is 0 Å². The maximum Gasteiger partial charge on any atom is 0.0407 e. The Balaban J connectivity index is 3.07. The van der Waals surface area contributed by atoms with Crippen molar-refractivity contribution in [2.75, 3.05) is 11.9 Å². The predicted octanol–water partition coefficient (Wildman–Crippen LogP) is 3.73. The van der Waals surface area contributed by atoms with E-state index >= 15 is 0 Å². The number of aryl methyl sites for hydroxylation is 1. The maximum atomic E-state index is 3.53. The summed E-state index contributed by atoms with van der Waals surface area (Å²) in [7, 11) is 2.14. The smallest absolute Gasteiger partial charge is 0.0407 e. The predicted molar refractivity (Wildman–Crippen MR) is 67.3 cm³/mol. The average Bonchev–Trinajstić information content (AvgIpc) is 2.16. The van der Waals surface area contributed by atoms with Gasteiger partial charge in [-0.3, -0.25) is 0 Å². The van der Waals surface area contributed by atoms with Crippen LogP contribution < -0.4 is 4.90 Å². The van der Waals surface area contributed by atoms with Crippen LogP contribution in [0, 0.1) is 6.92 Å². The zero-order chi connectivity index (χ0) is 10.7. The Bertz CT molecular complexity index is 307. The molecule has 0 atom stereocenters. The minimum absolute atomic E-state index is 0.538. The third-order valence-electron chi connectivity index (χ3n) is 2.53. The molecular weight excluding hydrogens is 238 g/mol. The molecule has 78 valence electrons. The molecule has 0 saturated carbocycles. The van der Waals surface area contributed by atoms with Crippen LogP contribution in [0.3, 0.4) is 0 Å². The van der Waals surface area contributed by atoms with Crippen LogP contribution >= 0.6 is 15.9 Å². The topological polar surface area (TPSA) is 3.24 Å². The molecule has 0 bridgehead atoms. The Kier molecular flexibility index (Phi) is 3.99. The largest absolute Gasteiger partial charge is 0.372 e. The summed E-state index contributed by atoms with van der Waals surface area (Å²) < 4.78 is 0. The monoisotopic (exact) mass is 255 g/mol. The molecule has 14 heavy (non-hydrogen) atoms. The number of hydrogen-bond donors (Lipinski definition) is 0. The lowest BCUT2D eigenvalue weighted by Crippen LogP contribution is -2.26. The second kappa shape index (κ2) is 4.83. The number of rotatable bonds is 3. The van der Waals surface area contributed by atoms with E-state index in [1.54, 1.807) is 0 Å². The second-order valence-electron chi connectivity index (χ2n) is 3.97. The Hall–Kier alpha value is -0.500. The first-order valence-electron chi connectivity index (χ1n) is 4.94. The summed E-state index contributed by atoms with van der Waals surface area (Å²) in [5.41, 5.74) is 4.00. The Morgan fingerprint density at radius 2 is 2.00 bits per heavy atom. The first-order chi connectivity index (χ1) is 6.56. The van der Waals surface area contributed by atoms with Gasteiger partial charge in [-0.25, -0.2) is 0 Å². The highest BCUT2D eigenvalue weighted by molar-refractivity contribution is 9.08. The van der Waals surface area contributed by atoms with Crippen molar-refractivity contribution in [3.8, 4) is 0 Å². The Labute approximate surface area is 95.2 Å². The van der Waals surface area contributed by atoms with Crippen LogP contribution in [0.15, 0.2) is 18.2 Å². The molecule has 1 aromatic carbocycles. The summed E-state index contributed by atoms with van der Waals surface area (Å²) in [5.74, 6) is 0. The molecule has 0 N–H and O–H groups in total. The van der Waals surface area contributed by atoms with E-state index < -0.39 is 0 Å². The van der Waals surface area contributed by atoms with Crippen molar-refractivity contribution in [2.45, 2.75) is 32.1 Å². The van der Waals surface area contributed by atoms with E-state index in [4.69, 9.17) is 0 Å². The standard InChI is InChI=1S/C12H18BrN/c1-9(2)14(4)12-6-5-10(3)7-11(12)8-13/h5-7,9H,8H2,1-4H3. The van der Waals surface area contributed by atoms with Crippen molar-refractivity contribution in [3.63, 3.8) is 0 Å². The van der Waals surface area contributed by atoms with Crippen molar-refractivity contribution in [1.29, 1.82) is 0 Å². The third kappa shape index (κ3) is 2.50. The van der Waals surface area contributed by atoms with Gasteiger partial charge in [0.2, 0.25) is 0 Å². The molecule has 0 heterocycles. The lowest BCUT2D eigenvalue weighted by molar-refractivity contribution is 0.752. The van der Waals surface area contributed by atoms with Crippen LogP contribution in [0.1, 0.15) is 25.0 Å². The molecule has 0 amide bonds. The summed E-state index contributed by atoms with van der Waals surface area (Å²) in [4.78, 5) is 2.30. The van der Waals surface area contributed by atoms with Gasteiger partial charge in [0.15, 0.2) is 0 Å². The molecule has 1 aromatic rings. The number of hydrogen-bond acceptors (Lipinski definition) is 1. The Morgan fingerprint density at radius 1 is 1.36 bits per heavy atom. The van der Waals surface area contributed by atoms with Crippen LogP contribution in [0.4, 0.5) is 5.69 Å². The van der Waals surface area contributed by atoms with E-state index in [2.05, 4.69) is 66.8 Å². The minimum Gasteiger partial charge on any atom is -0.372 e. The molecule has 0 fully saturated rings. The first kappa shape index (κ1) is 11.6. The normalized spacial score (nSPS) is 10.7. The molecule has 1 rings (SSSR count). The Morgan fingerprint density at radius 3 is 2.50 bits per heavy atom. The highest BCUT2D eigenvalue weighted by Crippen LogP contribution is 2.24. The van der Waals surface area contributed by atoms with E-state index in [0.29, 0.717) is 6.04 Å². The van der Waals surface area contributed by atoms with Crippen molar-refractivity contribution >= 4 is 21.6 Å². The SMILES string of the molecule is Cc1ccc(N(C)C(C)C)c(CBr)c1. The quantitative estimate of drug-likeness (QED) is 0.745. The molecule has 0 radical (unpaired) electrons. The fourth-order valence-electron chi connectivity index (χ4n) is 1.44. The minimum atomic E-state index is 0.538. The van der Waals surface area contributed by atoms with Crippen LogP contribution in [0.5, 0.6) is 0 Å². The van der Waals surface area contributed by atoms with Crippen LogP contribution in [-0.2, 0) is 5.33 Å². The molecule has 0 aliphatic carbocycles. The molecule has 0 spiro atoms. The van der Waals surface area contributed by atoms with Gasteiger partial charge < -0.3 is 4.90 Å². The molecule has 0 saturated heterocycles. The summed E-state index contributed by atoms with van der Waals surface area (Å²) in [6.07, 6.45) is 0. The highest BCUT2D eigenvalue weighted by Gasteiger charge is 2.09. The number of halogens is 1. The summed E-state index contributed by atoms with van der Waals surface area (Å²) in [6, 6.07) is 7.14. The summed E-state index contributed by atoms with van der Waals surface area (Å²) >= 11 is 3.53.